The summed E-state index contributed by atoms with van der Waals surface area (Å²) in [6, 6.07) is 19.6. The molecule has 4 rings (SSSR count). The fraction of sp³-hybridized carbons (Fsp3) is 0.455. The van der Waals surface area contributed by atoms with E-state index in [0.717, 1.165) is 18.4 Å². The standard InChI is InChI=1S/C22H26O6/c23-18-19(24)22(25-13-7-10-15-8-3-1-4-9-15)27-17-14-26-21(28-20(17)18)16-11-5-2-6-12-16/h1-6,8-9,11-12,17-24H,7,10,13-14H2/t17-,18-,19-,20-,21?,22-/m1/s1. The Hall–Kier alpha value is -1.80. The van der Waals surface area contributed by atoms with Crippen molar-refractivity contribution in [2.75, 3.05) is 13.2 Å². The van der Waals surface area contributed by atoms with Crippen molar-refractivity contribution in [3.8, 4) is 0 Å². The van der Waals surface area contributed by atoms with E-state index in [1.165, 1.54) is 5.56 Å². The van der Waals surface area contributed by atoms with E-state index in [0.29, 0.717) is 6.61 Å². The molecular weight excluding hydrogens is 360 g/mol. The number of ether oxygens (including phenoxy) is 4. The topological polar surface area (TPSA) is 77.4 Å². The molecule has 0 spiro atoms. The molecule has 0 amide bonds. The predicted molar refractivity (Wildman–Crippen MR) is 101 cm³/mol. The largest absolute Gasteiger partial charge is 0.387 e. The van der Waals surface area contributed by atoms with Crippen LogP contribution >= 0.6 is 0 Å². The van der Waals surface area contributed by atoms with Crippen LogP contribution in [0.1, 0.15) is 23.8 Å². The van der Waals surface area contributed by atoms with E-state index in [9.17, 15) is 10.2 Å². The highest BCUT2D eigenvalue weighted by atomic mass is 16.8. The first-order chi connectivity index (χ1) is 13.7. The minimum atomic E-state index is -1.17. The highest BCUT2D eigenvalue weighted by Crippen LogP contribution is 2.34. The van der Waals surface area contributed by atoms with E-state index in [-0.39, 0.29) is 6.61 Å². The number of rotatable bonds is 6. The van der Waals surface area contributed by atoms with E-state index in [1.807, 2.05) is 48.5 Å². The number of fused-ring (bicyclic) bond motifs is 1. The molecule has 6 nitrogen and oxygen atoms in total. The van der Waals surface area contributed by atoms with Crippen LogP contribution in [0.5, 0.6) is 0 Å². The molecule has 2 aliphatic heterocycles. The third-order valence-electron chi connectivity index (χ3n) is 5.14. The monoisotopic (exact) mass is 386 g/mol. The zero-order chi connectivity index (χ0) is 19.3. The van der Waals surface area contributed by atoms with Crippen molar-refractivity contribution < 1.29 is 29.2 Å². The Morgan fingerprint density at radius 2 is 1.61 bits per heavy atom. The Morgan fingerprint density at radius 1 is 0.893 bits per heavy atom. The van der Waals surface area contributed by atoms with E-state index in [2.05, 4.69) is 12.1 Å². The Morgan fingerprint density at radius 3 is 2.36 bits per heavy atom. The van der Waals surface area contributed by atoms with E-state index < -0.39 is 37.0 Å². The summed E-state index contributed by atoms with van der Waals surface area (Å²) in [7, 11) is 0. The van der Waals surface area contributed by atoms with Gasteiger partial charge in [0, 0.05) is 5.56 Å². The molecule has 6 atom stereocenters. The third kappa shape index (κ3) is 4.43. The van der Waals surface area contributed by atoms with Gasteiger partial charge in [0.2, 0.25) is 0 Å². The predicted octanol–water partition coefficient (Wildman–Crippen LogP) is 2.20. The molecule has 2 aliphatic rings. The van der Waals surface area contributed by atoms with E-state index in [1.54, 1.807) is 0 Å². The van der Waals surface area contributed by atoms with Gasteiger partial charge in [0.05, 0.1) is 13.2 Å². The van der Waals surface area contributed by atoms with Gasteiger partial charge in [0.1, 0.15) is 24.4 Å². The third-order valence-corrected chi connectivity index (χ3v) is 5.14. The number of hydrogen-bond acceptors (Lipinski definition) is 6. The molecule has 0 aliphatic carbocycles. The van der Waals surface area contributed by atoms with Crippen LogP contribution < -0.4 is 0 Å². The smallest absolute Gasteiger partial charge is 0.186 e. The molecule has 2 aromatic rings. The van der Waals surface area contributed by atoms with Gasteiger partial charge in [0.15, 0.2) is 12.6 Å². The van der Waals surface area contributed by atoms with Crippen molar-refractivity contribution >= 4 is 0 Å². The lowest BCUT2D eigenvalue weighted by atomic mass is 9.98. The quantitative estimate of drug-likeness (QED) is 0.742. The molecule has 2 N–H and O–H groups in total. The van der Waals surface area contributed by atoms with Gasteiger partial charge in [-0.05, 0) is 18.4 Å². The highest BCUT2D eigenvalue weighted by molar-refractivity contribution is 5.17. The zero-order valence-corrected chi connectivity index (χ0v) is 15.6. The molecule has 6 heteroatoms. The fourth-order valence-electron chi connectivity index (χ4n) is 3.62. The number of aliphatic hydroxyl groups excluding tert-OH is 2. The lowest BCUT2D eigenvalue weighted by molar-refractivity contribution is -0.361. The summed E-state index contributed by atoms with van der Waals surface area (Å²) in [5.74, 6) is 0. The average Bonchev–Trinajstić information content (AvgIpc) is 2.75. The van der Waals surface area contributed by atoms with Crippen molar-refractivity contribution in [3.63, 3.8) is 0 Å². The van der Waals surface area contributed by atoms with Crippen LogP contribution in [0, 0.1) is 0 Å². The first kappa shape index (κ1) is 19.5. The molecule has 0 saturated carbocycles. The summed E-state index contributed by atoms with van der Waals surface area (Å²) in [6.07, 6.45) is -3.24. The van der Waals surface area contributed by atoms with Gasteiger partial charge in [-0.2, -0.15) is 0 Å². The van der Waals surface area contributed by atoms with Gasteiger partial charge in [-0.1, -0.05) is 60.7 Å². The fourth-order valence-corrected chi connectivity index (χ4v) is 3.62. The molecule has 28 heavy (non-hydrogen) atoms. The maximum atomic E-state index is 10.6. The van der Waals surface area contributed by atoms with Crippen LogP contribution in [0.25, 0.3) is 0 Å². The Bertz CT molecular complexity index is 722. The molecule has 2 fully saturated rings. The molecule has 0 bridgehead atoms. The summed E-state index contributed by atoms with van der Waals surface area (Å²) >= 11 is 0. The second kappa shape index (κ2) is 9.13. The van der Waals surface area contributed by atoms with Crippen LogP contribution in [-0.4, -0.2) is 54.1 Å². The normalized spacial score (nSPS) is 32.6. The minimum absolute atomic E-state index is 0.262. The minimum Gasteiger partial charge on any atom is -0.387 e. The molecule has 0 aromatic heterocycles. The van der Waals surface area contributed by atoms with Crippen molar-refractivity contribution in [1.29, 1.82) is 0 Å². The molecule has 150 valence electrons. The first-order valence-electron chi connectivity index (χ1n) is 9.71. The van der Waals surface area contributed by atoms with Crippen LogP contribution in [0.4, 0.5) is 0 Å². The zero-order valence-electron chi connectivity index (χ0n) is 15.6. The van der Waals surface area contributed by atoms with Crippen molar-refractivity contribution in [2.45, 2.75) is 49.8 Å². The Balaban J connectivity index is 1.29. The second-order valence-electron chi connectivity index (χ2n) is 7.16. The van der Waals surface area contributed by atoms with E-state index in [4.69, 9.17) is 18.9 Å². The van der Waals surface area contributed by atoms with Gasteiger partial charge >= 0.3 is 0 Å². The molecule has 0 radical (unpaired) electrons. The molecule has 2 saturated heterocycles. The Labute approximate surface area is 164 Å². The lowest BCUT2D eigenvalue weighted by Gasteiger charge is -2.46. The second-order valence-corrected chi connectivity index (χ2v) is 7.16. The maximum absolute atomic E-state index is 10.6. The van der Waals surface area contributed by atoms with Crippen molar-refractivity contribution in [2.24, 2.45) is 0 Å². The number of benzene rings is 2. The summed E-state index contributed by atoms with van der Waals surface area (Å²) < 4.78 is 23.2. The van der Waals surface area contributed by atoms with Gasteiger partial charge in [-0.15, -0.1) is 0 Å². The van der Waals surface area contributed by atoms with Crippen molar-refractivity contribution in [3.05, 3.63) is 71.8 Å². The van der Waals surface area contributed by atoms with Crippen LogP contribution in [0.3, 0.4) is 0 Å². The molecular formula is C22H26O6. The number of aryl methyl sites for hydroxylation is 1. The van der Waals surface area contributed by atoms with Crippen LogP contribution in [0.15, 0.2) is 60.7 Å². The van der Waals surface area contributed by atoms with Crippen LogP contribution in [0.2, 0.25) is 0 Å². The van der Waals surface area contributed by atoms with Gasteiger partial charge in [-0.25, -0.2) is 0 Å². The summed E-state index contributed by atoms with van der Waals surface area (Å²) in [6.45, 7) is 0.687. The average molecular weight is 386 g/mol. The van der Waals surface area contributed by atoms with E-state index >= 15 is 0 Å². The molecule has 2 heterocycles. The van der Waals surface area contributed by atoms with Crippen molar-refractivity contribution in [1.82, 2.24) is 0 Å². The first-order valence-corrected chi connectivity index (χ1v) is 9.71. The SMILES string of the molecule is O[C@@H]1[C@@H](O)[C@H](OCCCc2ccccc2)O[C@@H]2COC(c3ccccc3)O[C@@H]12. The summed E-state index contributed by atoms with van der Waals surface area (Å²) in [5, 5.41) is 21.0. The van der Waals surface area contributed by atoms with Gasteiger partial charge < -0.3 is 29.2 Å². The lowest BCUT2D eigenvalue weighted by Crippen LogP contribution is -2.62. The maximum Gasteiger partial charge on any atom is 0.186 e. The molecule has 1 unspecified atom stereocenters. The van der Waals surface area contributed by atoms with Crippen LogP contribution in [-0.2, 0) is 25.4 Å². The van der Waals surface area contributed by atoms with Gasteiger partial charge in [-0.3, -0.25) is 0 Å². The summed E-state index contributed by atoms with van der Waals surface area (Å²) in [5.41, 5.74) is 2.10. The highest BCUT2D eigenvalue weighted by Gasteiger charge is 2.49. The molecule has 2 aromatic carbocycles. The number of aliphatic hydroxyl groups is 2. The van der Waals surface area contributed by atoms with Gasteiger partial charge in [0.25, 0.3) is 0 Å². The summed E-state index contributed by atoms with van der Waals surface area (Å²) in [4.78, 5) is 0. The Kier molecular flexibility index (Phi) is 6.36. The number of hydrogen-bond donors (Lipinski definition) is 2.